The van der Waals surface area contributed by atoms with Crippen molar-refractivity contribution >= 4 is 11.9 Å². The zero-order valence-corrected chi connectivity index (χ0v) is 14.5. The zero-order valence-electron chi connectivity index (χ0n) is 14.5. The lowest BCUT2D eigenvalue weighted by molar-refractivity contribution is -0.192. The van der Waals surface area contributed by atoms with E-state index in [1.54, 1.807) is 12.1 Å². The Hall–Kier alpha value is -2.56. The highest BCUT2D eigenvalue weighted by molar-refractivity contribution is 5.95. The average Bonchev–Trinajstić information content (AvgIpc) is 2.60. The Morgan fingerprint density at radius 2 is 1.77 bits per heavy atom. The van der Waals surface area contributed by atoms with Crippen molar-refractivity contribution in [3.05, 3.63) is 17.7 Å². The van der Waals surface area contributed by atoms with Crippen LogP contribution < -0.4 is 14.8 Å². The van der Waals surface area contributed by atoms with Crippen LogP contribution in [0.2, 0.25) is 0 Å². The molecule has 1 aliphatic heterocycles. The van der Waals surface area contributed by atoms with E-state index in [0.29, 0.717) is 36.5 Å². The van der Waals surface area contributed by atoms with Crippen LogP contribution in [0, 0.1) is 0 Å². The molecule has 1 saturated heterocycles. The number of halogens is 3. The third kappa shape index (κ3) is 6.39. The Morgan fingerprint density at radius 3 is 2.15 bits per heavy atom. The summed E-state index contributed by atoms with van der Waals surface area (Å²) >= 11 is 0. The summed E-state index contributed by atoms with van der Waals surface area (Å²) < 4.78 is 41.9. The quantitative estimate of drug-likeness (QED) is 0.813. The Kier molecular flexibility index (Phi) is 7.62. The van der Waals surface area contributed by atoms with Gasteiger partial charge in [0.15, 0.2) is 0 Å². The number of carboxylic acid groups (broad SMARTS) is 1. The number of methoxy groups -OCH3 is 2. The van der Waals surface area contributed by atoms with E-state index in [0.717, 1.165) is 6.54 Å². The molecule has 1 amide bonds. The molecule has 0 radical (unpaired) electrons. The van der Waals surface area contributed by atoms with E-state index in [9.17, 15) is 18.0 Å². The Morgan fingerprint density at radius 1 is 1.27 bits per heavy atom. The van der Waals surface area contributed by atoms with Crippen LogP contribution in [0.5, 0.6) is 11.8 Å². The van der Waals surface area contributed by atoms with Crippen LogP contribution in [-0.2, 0) is 4.79 Å². The summed E-state index contributed by atoms with van der Waals surface area (Å²) in [5, 5.41) is 10.4. The second kappa shape index (κ2) is 9.22. The summed E-state index contributed by atoms with van der Waals surface area (Å²) in [4.78, 5) is 27.3. The molecule has 0 aromatic carbocycles. The second-order valence-corrected chi connectivity index (χ2v) is 5.35. The highest BCUT2D eigenvalue weighted by Crippen LogP contribution is 2.19. The molecule has 0 unspecified atom stereocenters. The standard InChI is InChI=1S/C13H19N3O3.C2HF3O2/c1-9-8-16(5-4-14-9)13(17)10-6-11(18-2)15-12(7-10)19-3;3-2(4,5)1(6)7/h6-7,9,14H,4-5,8H2,1-3H3;(H,6,7)/t9-;/m1./s1. The molecule has 0 aliphatic carbocycles. The van der Waals surface area contributed by atoms with Gasteiger partial charge in [0.25, 0.3) is 5.91 Å². The fourth-order valence-corrected chi connectivity index (χ4v) is 2.11. The van der Waals surface area contributed by atoms with Gasteiger partial charge in [0.1, 0.15) is 0 Å². The molecule has 2 N–H and O–H groups in total. The lowest BCUT2D eigenvalue weighted by Gasteiger charge is -2.32. The van der Waals surface area contributed by atoms with Gasteiger partial charge in [0.2, 0.25) is 11.8 Å². The van der Waals surface area contributed by atoms with Crippen molar-refractivity contribution < 1.29 is 37.3 Å². The maximum Gasteiger partial charge on any atom is 0.490 e. The number of carbonyl (C=O) groups is 2. The van der Waals surface area contributed by atoms with Crippen LogP contribution in [0.4, 0.5) is 13.2 Å². The number of nitrogens with zero attached hydrogens (tertiary/aromatic N) is 2. The molecule has 26 heavy (non-hydrogen) atoms. The van der Waals surface area contributed by atoms with Crippen molar-refractivity contribution in [3.63, 3.8) is 0 Å². The molecule has 0 bridgehead atoms. The number of ether oxygens (including phenoxy) is 2. The summed E-state index contributed by atoms with van der Waals surface area (Å²) in [6.45, 7) is 4.28. The van der Waals surface area contributed by atoms with Gasteiger partial charge in [-0.05, 0) is 6.92 Å². The molecule has 1 aromatic heterocycles. The number of hydrogen-bond donors (Lipinski definition) is 2. The van der Waals surface area contributed by atoms with Crippen molar-refractivity contribution in [3.8, 4) is 11.8 Å². The van der Waals surface area contributed by atoms with Gasteiger partial charge in [0.05, 0.1) is 19.8 Å². The smallest absolute Gasteiger partial charge is 0.481 e. The van der Waals surface area contributed by atoms with Gasteiger partial charge in [-0.15, -0.1) is 0 Å². The predicted molar refractivity (Wildman–Crippen MR) is 84.4 cm³/mol. The number of amides is 1. The van der Waals surface area contributed by atoms with E-state index in [1.165, 1.54) is 14.2 Å². The highest BCUT2D eigenvalue weighted by atomic mass is 19.4. The minimum Gasteiger partial charge on any atom is -0.481 e. The fraction of sp³-hybridized carbons (Fsp3) is 0.533. The Balaban J connectivity index is 0.000000412. The first-order chi connectivity index (χ1) is 12.1. The number of aliphatic carboxylic acids is 1. The number of carbonyl (C=O) groups excluding carboxylic acids is 1. The van der Waals surface area contributed by atoms with Crippen molar-refractivity contribution in [1.82, 2.24) is 15.2 Å². The number of piperazine rings is 1. The number of nitrogens with one attached hydrogen (secondary N) is 1. The van der Waals surface area contributed by atoms with Gasteiger partial charge in [-0.25, -0.2) is 4.79 Å². The molecule has 2 heterocycles. The molecular weight excluding hydrogens is 359 g/mol. The first-order valence-electron chi connectivity index (χ1n) is 7.51. The summed E-state index contributed by atoms with van der Waals surface area (Å²) in [7, 11) is 3.03. The van der Waals surface area contributed by atoms with Gasteiger partial charge in [-0.2, -0.15) is 18.2 Å². The molecule has 2 rings (SSSR count). The van der Waals surface area contributed by atoms with Crippen molar-refractivity contribution in [2.75, 3.05) is 33.9 Å². The minimum atomic E-state index is -5.08. The van der Waals surface area contributed by atoms with Crippen LogP contribution in [-0.4, -0.2) is 72.9 Å². The SMILES string of the molecule is COc1cc(C(=O)N2CCN[C@H](C)C2)cc(OC)n1.O=C(O)C(F)(F)F. The largest absolute Gasteiger partial charge is 0.490 e. The molecule has 1 atom stereocenters. The van der Waals surface area contributed by atoms with Crippen molar-refractivity contribution in [2.24, 2.45) is 0 Å². The maximum atomic E-state index is 12.4. The predicted octanol–water partition coefficient (Wildman–Crippen LogP) is 1.17. The number of carboxylic acids is 1. The fourth-order valence-electron chi connectivity index (χ4n) is 2.11. The number of aromatic nitrogens is 1. The third-order valence-electron chi connectivity index (χ3n) is 3.34. The molecule has 146 valence electrons. The molecule has 1 fully saturated rings. The third-order valence-corrected chi connectivity index (χ3v) is 3.34. The van der Waals surface area contributed by atoms with Gasteiger partial charge in [0, 0.05) is 37.8 Å². The normalized spacial score (nSPS) is 17.0. The molecular formula is C15H20F3N3O5. The van der Waals surface area contributed by atoms with Crippen LogP contribution in [0.15, 0.2) is 12.1 Å². The molecule has 0 spiro atoms. The summed E-state index contributed by atoms with van der Waals surface area (Å²) in [6, 6.07) is 3.58. The summed E-state index contributed by atoms with van der Waals surface area (Å²) in [5.74, 6) is -2.02. The van der Waals surface area contributed by atoms with E-state index in [-0.39, 0.29) is 5.91 Å². The van der Waals surface area contributed by atoms with Gasteiger partial charge < -0.3 is 24.8 Å². The summed E-state index contributed by atoms with van der Waals surface area (Å²) in [5.41, 5.74) is 0.540. The average molecular weight is 379 g/mol. The molecule has 8 nitrogen and oxygen atoms in total. The number of alkyl halides is 3. The van der Waals surface area contributed by atoms with Crippen LogP contribution in [0.1, 0.15) is 17.3 Å². The number of pyridine rings is 1. The van der Waals surface area contributed by atoms with E-state index in [4.69, 9.17) is 19.4 Å². The highest BCUT2D eigenvalue weighted by Gasteiger charge is 2.38. The van der Waals surface area contributed by atoms with Gasteiger partial charge in [-0.3, -0.25) is 4.79 Å². The Labute approximate surface area is 147 Å². The lowest BCUT2D eigenvalue weighted by atomic mass is 10.2. The van der Waals surface area contributed by atoms with Crippen molar-refractivity contribution in [2.45, 2.75) is 19.1 Å². The van der Waals surface area contributed by atoms with E-state index >= 15 is 0 Å². The van der Waals surface area contributed by atoms with Gasteiger partial charge >= 0.3 is 12.1 Å². The first kappa shape index (κ1) is 21.5. The lowest BCUT2D eigenvalue weighted by Crippen LogP contribution is -2.51. The van der Waals surface area contributed by atoms with Crippen LogP contribution in [0.25, 0.3) is 0 Å². The second-order valence-electron chi connectivity index (χ2n) is 5.35. The van der Waals surface area contributed by atoms with E-state index < -0.39 is 12.1 Å². The van der Waals surface area contributed by atoms with Crippen LogP contribution >= 0.6 is 0 Å². The molecule has 1 aromatic rings. The number of rotatable bonds is 3. The Bertz CT molecular complexity index is 617. The number of hydrogen-bond acceptors (Lipinski definition) is 6. The van der Waals surface area contributed by atoms with Crippen LogP contribution in [0.3, 0.4) is 0 Å². The molecule has 0 saturated carbocycles. The minimum absolute atomic E-state index is 0.0210. The molecule has 1 aliphatic rings. The topological polar surface area (TPSA) is 101 Å². The first-order valence-corrected chi connectivity index (χ1v) is 7.51. The maximum absolute atomic E-state index is 12.4. The van der Waals surface area contributed by atoms with E-state index in [1.807, 2.05) is 4.90 Å². The summed E-state index contributed by atoms with van der Waals surface area (Å²) in [6.07, 6.45) is -5.08. The van der Waals surface area contributed by atoms with Gasteiger partial charge in [-0.1, -0.05) is 0 Å². The zero-order chi connectivity index (χ0) is 19.9. The van der Waals surface area contributed by atoms with Crippen molar-refractivity contribution in [1.29, 1.82) is 0 Å². The monoisotopic (exact) mass is 379 g/mol. The molecule has 11 heteroatoms. The van der Waals surface area contributed by atoms with E-state index in [2.05, 4.69) is 17.2 Å².